The summed E-state index contributed by atoms with van der Waals surface area (Å²) in [6.45, 7) is 1.77. The normalized spacial score (nSPS) is 19.6. The van der Waals surface area contributed by atoms with Crippen LogP contribution in [0.15, 0.2) is 24.3 Å². The molecule has 1 fully saturated rings. The summed E-state index contributed by atoms with van der Waals surface area (Å²) in [6, 6.07) is 8.56. The summed E-state index contributed by atoms with van der Waals surface area (Å²) >= 11 is 5.90. The maximum absolute atomic E-state index is 5.90. The van der Waals surface area contributed by atoms with Crippen LogP contribution in [-0.4, -0.2) is 20.3 Å². The van der Waals surface area contributed by atoms with Crippen LogP contribution in [0.3, 0.4) is 0 Å². The largest absolute Gasteiger partial charge is 0.381 e. The predicted octanol–water partition coefficient (Wildman–Crippen LogP) is 3.03. The quantitative estimate of drug-likeness (QED) is 0.876. The van der Waals surface area contributed by atoms with Crippen LogP contribution < -0.4 is 5.32 Å². The van der Waals surface area contributed by atoms with Crippen molar-refractivity contribution >= 4 is 11.6 Å². The van der Waals surface area contributed by atoms with Crippen LogP contribution in [0.25, 0.3) is 0 Å². The second-order valence-corrected chi connectivity index (χ2v) is 4.70. The van der Waals surface area contributed by atoms with Gasteiger partial charge in [-0.05, 0) is 43.5 Å². The number of rotatable bonds is 3. The van der Waals surface area contributed by atoms with Gasteiger partial charge in [-0.2, -0.15) is 0 Å². The van der Waals surface area contributed by atoms with Gasteiger partial charge in [0.2, 0.25) is 0 Å². The Morgan fingerprint density at radius 3 is 2.44 bits per heavy atom. The number of hydrogen-bond acceptors (Lipinski definition) is 2. The van der Waals surface area contributed by atoms with Gasteiger partial charge in [-0.15, -0.1) is 0 Å². The zero-order valence-electron chi connectivity index (χ0n) is 9.58. The van der Waals surface area contributed by atoms with Crippen molar-refractivity contribution < 1.29 is 4.74 Å². The first-order valence-corrected chi connectivity index (χ1v) is 6.19. The van der Waals surface area contributed by atoms with E-state index < -0.39 is 0 Å². The second kappa shape index (κ2) is 5.67. The number of nitrogens with one attached hydrogen (secondary N) is 1. The molecule has 0 radical (unpaired) electrons. The lowest BCUT2D eigenvalue weighted by Gasteiger charge is -2.30. The number of ether oxygens (including phenoxy) is 1. The molecular formula is C13H18ClNO. The van der Waals surface area contributed by atoms with Gasteiger partial charge in [0.15, 0.2) is 0 Å². The van der Waals surface area contributed by atoms with E-state index in [1.165, 1.54) is 5.56 Å². The Morgan fingerprint density at radius 2 is 1.88 bits per heavy atom. The Labute approximate surface area is 102 Å². The van der Waals surface area contributed by atoms with Crippen molar-refractivity contribution in [3.05, 3.63) is 34.9 Å². The fourth-order valence-electron chi connectivity index (χ4n) is 2.39. The van der Waals surface area contributed by atoms with E-state index in [1.807, 2.05) is 19.2 Å². The minimum Gasteiger partial charge on any atom is -0.381 e. The molecule has 88 valence electrons. The van der Waals surface area contributed by atoms with Crippen molar-refractivity contribution in [3.63, 3.8) is 0 Å². The average Bonchev–Trinajstić information content (AvgIpc) is 2.34. The van der Waals surface area contributed by atoms with Gasteiger partial charge in [0.25, 0.3) is 0 Å². The third-order valence-corrected chi connectivity index (χ3v) is 3.53. The lowest BCUT2D eigenvalue weighted by molar-refractivity contribution is 0.0546. The summed E-state index contributed by atoms with van der Waals surface area (Å²) in [5.41, 5.74) is 1.32. The van der Waals surface area contributed by atoms with Crippen molar-refractivity contribution in [2.45, 2.75) is 18.9 Å². The highest BCUT2D eigenvalue weighted by Crippen LogP contribution is 2.30. The van der Waals surface area contributed by atoms with E-state index in [0.717, 1.165) is 31.1 Å². The number of hydrogen-bond donors (Lipinski definition) is 1. The molecule has 1 heterocycles. The molecule has 2 rings (SSSR count). The molecule has 0 aliphatic carbocycles. The van der Waals surface area contributed by atoms with Crippen molar-refractivity contribution in [2.24, 2.45) is 5.92 Å². The highest BCUT2D eigenvalue weighted by Gasteiger charge is 2.23. The van der Waals surface area contributed by atoms with E-state index in [-0.39, 0.29) is 0 Å². The van der Waals surface area contributed by atoms with Gasteiger partial charge in [-0.1, -0.05) is 23.7 Å². The molecule has 0 amide bonds. The van der Waals surface area contributed by atoms with Crippen molar-refractivity contribution in [3.8, 4) is 0 Å². The molecule has 16 heavy (non-hydrogen) atoms. The zero-order chi connectivity index (χ0) is 11.4. The van der Waals surface area contributed by atoms with E-state index in [1.54, 1.807) is 0 Å². The van der Waals surface area contributed by atoms with E-state index in [0.29, 0.717) is 12.0 Å². The van der Waals surface area contributed by atoms with Gasteiger partial charge in [-0.3, -0.25) is 0 Å². The molecule has 2 nitrogen and oxygen atoms in total. The van der Waals surface area contributed by atoms with E-state index >= 15 is 0 Å². The summed E-state index contributed by atoms with van der Waals surface area (Å²) in [7, 11) is 2.02. The van der Waals surface area contributed by atoms with Crippen LogP contribution in [0.2, 0.25) is 5.02 Å². The van der Waals surface area contributed by atoms with E-state index in [2.05, 4.69) is 17.4 Å². The summed E-state index contributed by atoms with van der Waals surface area (Å²) in [5.74, 6) is 0.667. The molecule has 1 atom stereocenters. The lowest BCUT2D eigenvalue weighted by Crippen LogP contribution is -2.29. The highest BCUT2D eigenvalue weighted by molar-refractivity contribution is 6.30. The minimum atomic E-state index is 0.418. The molecule has 0 bridgehead atoms. The first-order valence-electron chi connectivity index (χ1n) is 5.81. The van der Waals surface area contributed by atoms with Crippen molar-refractivity contribution in [2.75, 3.05) is 20.3 Å². The van der Waals surface area contributed by atoms with Gasteiger partial charge in [-0.25, -0.2) is 0 Å². The maximum Gasteiger partial charge on any atom is 0.0469 e. The highest BCUT2D eigenvalue weighted by atomic mass is 35.5. The summed E-state index contributed by atoms with van der Waals surface area (Å²) in [4.78, 5) is 0. The van der Waals surface area contributed by atoms with E-state index in [4.69, 9.17) is 16.3 Å². The van der Waals surface area contributed by atoms with Gasteiger partial charge in [0.05, 0.1) is 0 Å². The molecule has 1 aliphatic rings. The summed E-state index contributed by atoms with van der Waals surface area (Å²) in [6.07, 6.45) is 2.27. The van der Waals surface area contributed by atoms with Gasteiger partial charge in [0.1, 0.15) is 0 Å². The fourth-order valence-corrected chi connectivity index (χ4v) is 2.52. The standard InChI is InChI=1S/C13H18ClNO/c1-15-13(11-6-8-16-9-7-11)10-2-4-12(14)5-3-10/h2-5,11,13,15H,6-9H2,1H3. The monoisotopic (exact) mass is 239 g/mol. The van der Waals surface area contributed by atoms with Gasteiger partial charge in [0, 0.05) is 24.3 Å². The van der Waals surface area contributed by atoms with E-state index in [9.17, 15) is 0 Å². The third-order valence-electron chi connectivity index (χ3n) is 3.28. The van der Waals surface area contributed by atoms with Crippen LogP contribution in [0.4, 0.5) is 0 Å². The molecule has 0 spiro atoms. The SMILES string of the molecule is CNC(c1ccc(Cl)cc1)C1CCOCC1. The van der Waals surface area contributed by atoms with Crippen LogP contribution >= 0.6 is 11.6 Å². The van der Waals surface area contributed by atoms with Gasteiger partial charge < -0.3 is 10.1 Å². The van der Waals surface area contributed by atoms with Crippen LogP contribution in [0.1, 0.15) is 24.4 Å². The molecule has 1 unspecified atom stereocenters. The topological polar surface area (TPSA) is 21.3 Å². The summed E-state index contributed by atoms with van der Waals surface area (Å²) in [5, 5.41) is 4.21. The Bertz CT molecular complexity index is 319. The lowest BCUT2D eigenvalue weighted by atomic mass is 9.87. The molecule has 0 saturated carbocycles. The smallest absolute Gasteiger partial charge is 0.0469 e. The molecule has 1 saturated heterocycles. The molecule has 3 heteroatoms. The zero-order valence-corrected chi connectivity index (χ0v) is 10.3. The third kappa shape index (κ3) is 2.76. The first kappa shape index (κ1) is 11.9. The molecule has 1 N–H and O–H groups in total. The number of halogens is 1. The maximum atomic E-state index is 5.90. The average molecular weight is 240 g/mol. The van der Waals surface area contributed by atoms with Crippen LogP contribution in [0, 0.1) is 5.92 Å². The molecule has 0 aromatic heterocycles. The fraction of sp³-hybridized carbons (Fsp3) is 0.538. The second-order valence-electron chi connectivity index (χ2n) is 4.27. The molecule has 1 aliphatic heterocycles. The summed E-state index contributed by atoms with van der Waals surface area (Å²) < 4.78 is 5.40. The van der Waals surface area contributed by atoms with Crippen molar-refractivity contribution in [1.29, 1.82) is 0 Å². The Morgan fingerprint density at radius 1 is 1.25 bits per heavy atom. The Kier molecular flexibility index (Phi) is 4.22. The van der Waals surface area contributed by atoms with Crippen molar-refractivity contribution in [1.82, 2.24) is 5.32 Å². The molecule has 1 aromatic rings. The van der Waals surface area contributed by atoms with Crippen LogP contribution in [-0.2, 0) is 4.74 Å². The Balaban J connectivity index is 2.11. The molecular weight excluding hydrogens is 222 g/mol. The first-order chi connectivity index (χ1) is 7.81. The van der Waals surface area contributed by atoms with Gasteiger partial charge >= 0.3 is 0 Å². The number of benzene rings is 1. The predicted molar refractivity (Wildman–Crippen MR) is 66.8 cm³/mol. The van der Waals surface area contributed by atoms with Crippen LogP contribution in [0.5, 0.6) is 0 Å². The minimum absolute atomic E-state index is 0.418. The Hall–Kier alpha value is -0.570. The molecule has 1 aromatic carbocycles.